The zero-order chi connectivity index (χ0) is 6.85. The van der Waals surface area contributed by atoms with Gasteiger partial charge < -0.3 is 0 Å². The van der Waals surface area contributed by atoms with Crippen LogP contribution in [0.4, 0.5) is 0 Å². The van der Waals surface area contributed by atoms with E-state index in [1.807, 2.05) is 13.0 Å². The summed E-state index contributed by atoms with van der Waals surface area (Å²) in [6, 6.07) is 3.68. The molecule has 1 heterocycles. The van der Waals surface area contributed by atoms with Gasteiger partial charge in [-0.2, -0.15) is 0 Å². The molecule has 0 N–H and O–H groups in total. The number of hydrogen-bond donors (Lipinski definition) is 0. The van der Waals surface area contributed by atoms with E-state index >= 15 is 0 Å². The summed E-state index contributed by atoms with van der Waals surface area (Å²) in [5.74, 6) is 0. The van der Waals surface area contributed by atoms with Gasteiger partial charge in [0.1, 0.15) is 7.85 Å². The Labute approximate surface area is 64.0 Å². The second kappa shape index (κ2) is 2.52. The van der Waals surface area contributed by atoms with Crippen LogP contribution in [0.5, 0.6) is 0 Å². The number of aryl methyl sites for hydroxylation is 1. The minimum absolute atomic E-state index is 0.557. The molecule has 9 heavy (non-hydrogen) atoms. The van der Waals surface area contributed by atoms with E-state index in [1.54, 1.807) is 6.07 Å². The van der Waals surface area contributed by atoms with Gasteiger partial charge in [0.2, 0.25) is 0 Å². The van der Waals surface area contributed by atoms with Crippen LogP contribution < -0.4 is 5.59 Å². The minimum Gasteiger partial charge on any atom is -0.270 e. The molecule has 0 unspecified atom stereocenters. The summed E-state index contributed by atoms with van der Waals surface area (Å²) in [7, 11) is 5.42. The molecule has 0 aliphatic rings. The molecule has 3 heteroatoms. The molecule has 1 aromatic rings. The fraction of sp³-hybridized carbons (Fsp3) is 0.167. The highest BCUT2D eigenvalue weighted by molar-refractivity contribution is 9.10. The van der Waals surface area contributed by atoms with Gasteiger partial charge in [-0.05, 0) is 24.6 Å². The van der Waals surface area contributed by atoms with E-state index in [-0.39, 0.29) is 0 Å². The first-order chi connectivity index (χ1) is 4.18. The molecule has 0 spiro atoms. The summed E-state index contributed by atoms with van der Waals surface area (Å²) in [4.78, 5) is 3.98. The third-order valence-corrected chi connectivity index (χ3v) is 1.40. The van der Waals surface area contributed by atoms with Crippen molar-refractivity contribution in [1.29, 1.82) is 0 Å². The smallest absolute Gasteiger partial charge is 0.141 e. The molecular formula is C6H5BBrN. The van der Waals surface area contributed by atoms with Crippen molar-refractivity contribution in [3.8, 4) is 0 Å². The van der Waals surface area contributed by atoms with Crippen molar-refractivity contribution < 1.29 is 0 Å². The van der Waals surface area contributed by atoms with Crippen LogP contribution in [0.25, 0.3) is 0 Å². The van der Waals surface area contributed by atoms with Crippen LogP contribution >= 0.6 is 15.9 Å². The molecule has 1 rings (SSSR count). The largest absolute Gasteiger partial charge is 0.270 e. The van der Waals surface area contributed by atoms with Gasteiger partial charge >= 0.3 is 0 Å². The first-order valence-electron chi connectivity index (χ1n) is 2.58. The summed E-state index contributed by atoms with van der Waals surface area (Å²) < 4.78 is 0.979. The van der Waals surface area contributed by atoms with Crippen LogP contribution in [0.3, 0.4) is 0 Å². The van der Waals surface area contributed by atoms with Gasteiger partial charge in [-0.1, -0.05) is 15.9 Å². The second-order valence-corrected chi connectivity index (χ2v) is 2.77. The van der Waals surface area contributed by atoms with Gasteiger partial charge in [0.05, 0.1) is 0 Å². The van der Waals surface area contributed by atoms with Gasteiger partial charge in [0.15, 0.2) is 0 Å². The van der Waals surface area contributed by atoms with E-state index in [1.165, 1.54) is 0 Å². The minimum atomic E-state index is 0.557. The molecule has 0 saturated heterocycles. The number of aromatic nitrogens is 1. The normalized spacial score (nSPS) is 9.56. The van der Waals surface area contributed by atoms with E-state index in [2.05, 4.69) is 20.9 Å². The van der Waals surface area contributed by atoms with Crippen molar-refractivity contribution in [1.82, 2.24) is 4.98 Å². The Kier molecular flexibility index (Phi) is 1.91. The third-order valence-electron chi connectivity index (χ3n) is 0.938. The molecule has 0 atom stereocenters. The van der Waals surface area contributed by atoms with E-state index in [0.29, 0.717) is 5.59 Å². The van der Waals surface area contributed by atoms with Crippen molar-refractivity contribution in [2.45, 2.75) is 6.92 Å². The van der Waals surface area contributed by atoms with Crippen molar-refractivity contribution in [2.24, 2.45) is 0 Å². The van der Waals surface area contributed by atoms with Gasteiger partial charge in [-0.15, -0.1) is 0 Å². The van der Waals surface area contributed by atoms with Crippen LogP contribution in [0.2, 0.25) is 0 Å². The van der Waals surface area contributed by atoms with Crippen molar-refractivity contribution in [3.05, 3.63) is 22.3 Å². The van der Waals surface area contributed by atoms with Crippen LogP contribution in [0.15, 0.2) is 16.6 Å². The second-order valence-electron chi connectivity index (χ2n) is 1.85. The Morgan fingerprint density at radius 3 is 2.67 bits per heavy atom. The fourth-order valence-electron chi connectivity index (χ4n) is 0.651. The maximum Gasteiger partial charge on any atom is 0.141 e. The molecule has 0 aliphatic carbocycles. The molecule has 0 aliphatic heterocycles. The van der Waals surface area contributed by atoms with Gasteiger partial charge in [0, 0.05) is 10.2 Å². The summed E-state index contributed by atoms with van der Waals surface area (Å²) in [6.07, 6.45) is 0. The third kappa shape index (κ3) is 1.82. The van der Waals surface area contributed by atoms with Gasteiger partial charge in [-0.3, -0.25) is 4.98 Å². The van der Waals surface area contributed by atoms with Crippen LogP contribution in [-0.2, 0) is 0 Å². The summed E-state index contributed by atoms with van der Waals surface area (Å²) in [5, 5.41) is 0. The molecule has 44 valence electrons. The highest BCUT2D eigenvalue weighted by Crippen LogP contribution is 2.06. The Morgan fingerprint density at radius 1 is 1.56 bits per heavy atom. The van der Waals surface area contributed by atoms with Crippen molar-refractivity contribution in [2.75, 3.05) is 0 Å². The molecule has 0 saturated carbocycles. The first-order valence-corrected chi connectivity index (χ1v) is 3.37. The Morgan fingerprint density at radius 2 is 2.22 bits per heavy atom. The van der Waals surface area contributed by atoms with Crippen molar-refractivity contribution in [3.63, 3.8) is 0 Å². The van der Waals surface area contributed by atoms with E-state index < -0.39 is 0 Å². The molecule has 0 fully saturated rings. The predicted octanol–water partition coefficient (Wildman–Crippen LogP) is 0.946. The van der Waals surface area contributed by atoms with Gasteiger partial charge in [-0.25, -0.2) is 0 Å². The lowest BCUT2D eigenvalue weighted by molar-refractivity contribution is 1.23. The highest BCUT2D eigenvalue weighted by atomic mass is 79.9. The average Bonchev–Trinajstić information content (AvgIpc) is 1.59. The van der Waals surface area contributed by atoms with E-state index in [0.717, 1.165) is 10.2 Å². The number of nitrogens with zero attached hydrogens (tertiary/aromatic N) is 1. The Bertz CT molecular complexity index is 174. The zero-order valence-electron chi connectivity index (χ0n) is 5.06. The standard InChI is InChI=1S/C6H5BBrN/c1-4-2-5(8)3-6(7)9-4/h2-3H,1H3. The maximum absolute atomic E-state index is 5.42. The molecule has 1 aromatic heterocycles. The van der Waals surface area contributed by atoms with E-state index in [9.17, 15) is 0 Å². The molecule has 0 aromatic carbocycles. The van der Waals surface area contributed by atoms with E-state index in [4.69, 9.17) is 7.85 Å². The highest BCUT2D eigenvalue weighted by Gasteiger charge is 1.89. The average molecular weight is 182 g/mol. The monoisotopic (exact) mass is 181 g/mol. The Balaban J connectivity index is 3.17. The SMILES string of the molecule is [B]c1cc(Br)cc(C)n1. The molecule has 2 radical (unpaired) electrons. The lowest BCUT2D eigenvalue weighted by Crippen LogP contribution is -2.08. The molecule has 1 nitrogen and oxygen atoms in total. The van der Waals surface area contributed by atoms with Crippen molar-refractivity contribution >= 4 is 29.4 Å². The van der Waals surface area contributed by atoms with Crippen LogP contribution in [0, 0.1) is 6.92 Å². The van der Waals surface area contributed by atoms with Gasteiger partial charge in [0.25, 0.3) is 0 Å². The quantitative estimate of drug-likeness (QED) is 0.544. The number of hydrogen-bond acceptors (Lipinski definition) is 1. The summed E-state index contributed by atoms with van der Waals surface area (Å²) in [5.41, 5.74) is 1.49. The summed E-state index contributed by atoms with van der Waals surface area (Å²) in [6.45, 7) is 1.90. The first kappa shape index (κ1) is 6.81. The molecule has 0 bridgehead atoms. The fourth-order valence-corrected chi connectivity index (χ4v) is 1.22. The Hall–Kier alpha value is -0.305. The topological polar surface area (TPSA) is 12.9 Å². The number of halogens is 1. The number of pyridine rings is 1. The zero-order valence-corrected chi connectivity index (χ0v) is 6.64. The predicted molar refractivity (Wildman–Crippen MR) is 42.1 cm³/mol. The lowest BCUT2D eigenvalue weighted by Gasteiger charge is -1.95. The molecular weight excluding hydrogens is 177 g/mol. The van der Waals surface area contributed by atoms with Crippen LogP contribution in [0.1, 0.15) is 5.69 Å². The summed E-state index contributed by atoms with van der Waals surface area (Å²) >= 11 is 3.29. The lowest BCUT2D eigenvalue weighted by atomic mass is 10.0. The number of rotatable bonds is 0. The van der Waals surface area contributed by atoms with Crippen LogP contribution in [-0.4, -0.2) is 12.8 Å². The molecule has 0 amide bonds. The maximum atomic E-state index is 5.42.